The lowest BCUT2D eigenvalue weighted by atomic mass is 9.77. The van der Waals surface area contributed by atoms with Gasteiger partial charge in [0, 0.05) is 24.2 Å². The predicted molar refractivity (Wildman–Crippen MR) is 79.6 cm³/mol. The van der Waals surface area contributed by atoms with Crippen LogP contribution < -0.4 is 0 Å². The number of aryl methyl sites for hydroxylation is 1. The fourth-order valence-corrected chi connectivity index (χ4v) is 3.22. The maximum atomic E-state index is 2.41. The number of hydrogen-bond donors (Lipinski definition) is 0. The van der Waals surface area contributed by atoms with E-state index < -0.39 is 0 Å². The van der Waals surface area contributed by atoms with Crippen LogP contribution in [-0.4, -0.2) is 4.57 Å². The average molecular weight is 247 g/mol. The fraction of sp³-hybridized carbons (Fsp3) is 0.222. The second kappa shape index (κ2) is 3.99. The SMILES string of the molecule is Cc1ccc2ccn(CC3Cc4ccccc43)c2c1. The monoisotopic (exact) mass is 247 g/mol. The maximum Gasteiger partial charge on any atom is 0.0483 e. The zero-order chi connectivity index (χ0) is 12.8. The van der Waals surface area contributed by atoms with Crippen LogP contribution in [0.2, 0.25) is 0 Å². The standard InChI is InChI=1S/C18H17N/c1-13-6-7-14-8-9-19(18(14)10-13)12-16-11-15-4-2-3-5-17(15)16/h2-10,16H,11-12H2,1H3. The van der Waals surface area contributed by atoms with Crippen LogP contribution in [0.4, 0.5) is 0 Å². The van der Waals surface area contributed by atoms with Gasteiger partial charge >= 0.3 is 0 Å². The molecular weight excluding hydrogens is 230 g/mol. The summed E-state index contributed by atoms with van der Waals surface area (Å²) in [4.78, 5) is 0. The molecule has 1 unspecified atom stereocenters. The van der Waals surface area contributed by atoms with Crippen molar-refractivity contribution < 1.29 is 0 Å². The number of hydrogen-bond acceptors (Lipinski definition) is 0. The minimum atomic E-state index is 0.687. The molecule has 2 aromatic carbocycles. The topological polar surface area (TPSA) is 4.93 Å². The van der Waals surface area contributed by atoms with Gasteiger partial charge in [0.15, 0.2) is 0 Å². The second-order valence-electron chi connectivity index (χ2n) is 5.63. The van der Waals surface area contributed by atoms with E-state index in [1.165, 1.54) is 34.0 Å². The molecule has 1 heteroatoms. The van der Waals surface area contributed by atoms with Gasteiger partial charge in [-0.2, -0.15) is 0 Å². The number of nitrogens with zero attached hydrogens (tertiary/aromatic N) is 1. The second-order valence-corrected chi connectivity index (χ2v) is 5.63. The van der Waals surface area contributed by atoms with Crippen LogP contribution in [0.1, 0.15) is 22.6 Å². The summed E-state index contributed by atoms with van der Waals surface area (Å²) in [5.74, 6) is 0.687. The molecule has 1 atom stereocenters. The molecular formula is C18H17N. The summed E-state index contributed by atoms with van der Waals surface area (Å²) in [7, 11) is 0. The lowest BCUT2D eigenvalue weighted by Crippen LogP contribution is -2.21. The van der Waals surface area contributed by atoms with Crippen molar-refractivity contribution in [1.29, 1.82) is 0 Å². The number of aromatic nitrogens is 1. The summed E-state index contributed by atoms with van der Waals surface area (Å²) in [6.07, 6.45) is 3.45. The third-order valence-corrected chi connectivity index (χ3v) is 4.31. The van der Waals surface area contributed by atoms with Crippen molar-refractivity contribution in [2.45, 2.75) is 25.8 Å². The molecule has 1 aliphatic carbocycles. The Morgan fingerprint density at radius 2 is 2.00 bits per heavy atom. The summed E-state index contributed by atoms with van der Waals surface area (Å²) in [5.41, 5.74) is 5.77. The average Bonchev–Trinajstić information content (AvgIpc) is 2.78. The van der Waals surface area contributed by atoms with E-state index in [0.29, 0.717) is 5.92 Å². The Kier molecular flexibility index (Phi) is 2.28. The Balaban J connectivity index is 1.68. The number of fused-ring (bicyclic) bond motifs is 2. The van der Waals surface area contributed by atoms with Gasteiger partial charge in [-0.3, -0.25) is 0 Å². The van der Waals surface area contributed by atoms with Gasteiger partial charge in [0.05, 0.1) is 0 Å². The van der Waals surface area contributed by atoms with Gasteiger partial charge in [-0.25, -0.2) is 0 Å². The highest BCUT2D eigenvalue weighted by molar-refractivity contribution is 5.80. The summed E-state index contributed by atoms with van der Waals surface area (Å²) in [6, 6.07) is 17.7. The van der Waals surface area contributed by atoms with Gasteiger partial charge < -0.3 is 4.57 Å². The first kappa shape index (κ1) is 10.9. The van der Waals surface area contributed by atoms with E-state index in [4.69, 9.17) is 0 Å². The Hall–Kier alpha value is -2.02. The highest BCUT2D eigenvalue weighted by Gasteiger charge is 2.25. The molecule has 3 aromatic rings. The van der Waals surface area contributed by atoms with Crippen molar-refractivity contribution in [2.75, 3.05) is 0 Å². The zero-order valence-corrected chi connectivity index (χ0v) is 11.1. The molecule has 94 valence electrons. The molecule has 19 heavy (non-hydrogen) atoms. The van der Waals surface area contributed by atoms with E-state index in [0.717, 1.165) is 6.54 Å². The molecule has 0 spiro atoms. The summed E-state index contributed by atoms with van der Waals surface area (Å²) < 4.78 is 2.41. The van der Waals surface area contributed by atoms with Gasteiger partial charge in [0.1, 0.15) is 0 Å². The lowest BCUT2D eigenvalue weighted by molar-refractivity contribution is 0.518. The van der Waals surface area contributed by atoms with Gasteiger partial charge in [-0.05, 0) is 47.6 Å². The third kappa shape index (κ3) is 1.69. The van der Waals surface area contributed by atoms with E-state index in [1.54, 1.807) is 0 Å². The van der Waals surface area contributed by atoms with E-state index in [2.05, 4.69) is 66.2 Å². The van der Waals surface area contributed by atoms with Crippen LogP contribution in [0.3, 0.4) is 0 Å². The molecule has 1 aliphatic rings. The minimum Gasteiger partial charge on any atom is -0.347 e. The van der Waals surface area contributed by atoms with E-state index in [1.807, 2.05) is 0 Å². The zero-order valence-electron chi connectivity index (χ0n) is 11.1. The van der Waals surface area contributed by atoms with Crippen LogP contribution in [0, 0.1) is 6.92 Å². The Bertz CT molecular complexity index is 751. The van der Waals surface area contributed by atoms with E-state index in [-0.39, 0.29) is 0 Å². The first-order valence-corrected chi connectivity index (χ1v) is 6.94. The van der Waals surface area contributed by atoms with Gasteiger partial charge in [0.25, 0.3) is 0 Å². The molecule has 1 nitrogen and oxygen atoms in total. The van der Waals surface area contributed by atoms with Gasteiger partial charge in [-0.15, -0.1) is 0 Å². The molecule has 0 amide bonds. The van der Waals surface area contributed by atoms with Crippen LogP contribution in [0.15, 0.2) is 54.7 Å². The molecule has 0 saturated heterocycles. The van der Waals surface area contributed by atoms with Crippen LogP contribution in [0.5, 0.6) is 0 Å². The molecule has 0 radical (unpaired) electrons. The Morgan fingerprint density at radius 3 is 2.89 bits per heavy atom. The van der Waals surface area contributed by atoms with Crippen LogP contribution in [0.25, 0.3) is 10.9 Å². The first-order valence-electron chi connectivity index (χ1n) is 6.94. The molecule has 4 rings (SSSR count). The maximum absolute atomic E-state index is 2.41. The van der Waals surface area contributed by atoms with Gasteiger partial charge in [-0.1, -0.05) is 36.4 Å². The van der Waals surface area contributed by atoms with Crippen molar-refractivity contribution in [2.24, 2.45) is 0 Å². The van der Waals surface area contributed by atoms with Gasteiger partial charge in [0.2, 0.25) is 0 Å². The highest BCUT2D eigenvalue weighted by atomic mass is 15.0. The quantitative estimate of drug-likeness (QED) is 0.636. The van der Waals surface area contributed by atoms with Crippen molar-refractivity contribution in [3.8, 4) is 0 Å². The van der Waals surface area contributed by atoms with E-state index >= 15 is 0 Å². The third-order valence-electron chi connectivity index (χ3n) is 4.31. The van der Waals surface area contributed by atoms with Crippen LogP contribution in [-0.2, 0) is 13.0 Å². The highest BCUT2D eigenvalue weighted by Crippen LogP contribution is 2.36. The summed E-state index contributed by atoms with van der Waals surface area (Å²) in [5, 5.41) is 1.35. The molecule has 0 N–H and O–H groups in total. The number of benzene rings is 2. The Morgan fingerprint density at radius 1 is 1.11 bits per heavy atom. The summed E-state index contributed by atoms with van der Waals surface area (Å²) in [6.45, 7) is 3.26. The number of rotatable bonds is 2. The summed E-state index contributed by atoms with van der Waals surface area (Å²) >= 11 is 0. The van der Waals surface area contributed by atoms with Crippen molar-refractivity contribution in [3.63, 3.8) is 0 Å². The largest absolute Gasteiger partial charge is 0.347 e. The van der Waals surface area contributed by atoms with Crippen molar-refractivity contribution in [3.05, 3.63) is 71.4 Å². The molecule has 0 fully saturated rings. The van der Waals surface area contributed by atoms with Crippen LogP contribution >= 0.6 is 0 Å². The molecule has 1 aromatic heterocycles. The lowest BCUT2D eigenvalue weighted by Gasteiger charge is -2.30. The smallest absolute Gasteiger partial charge is 0.0483 e. The predicted octanol–water partition coefficient (Wildman–Crippen LogP) is 4.29. The molecule has 0 bridgehead atoms. The van der Waals surface area contributed by atoms with E-state index in [9.17, 15) is 0 Å². The molecule has 0 saturated carbocycles. The van der Waals surface area contributed by atoms with Crippen molar-refractivity contribution >= 4 is 10.9 Å². The molecule has 1 heterocycles. The normalized spacial score (nSPS) is 17.2. The van der Waals surface area contributed by atoms with Crippen molar-refractivity contribution in [1.82, 2.24) is 4.57 Å². The first-order chi connectivity index (χ1) is 9.31. The minimum absolute atomic E-state index is 0.687. The fourth-order valence-electron chi connectivity index (χ4n) is 3.22. The molecule has 0 aliphatic heterocycles. The Labute approximate surface area is 113 Å².